The van der Waals surface area contributed by atoms with Crippen LogP contribution in [0.5, 0.6) is 5.88 Å². The predicted molar refractivity (Wildman–Crippen MR) is 117 cm³/mol. The van der Waals surface area contributed by atoms with E-state index in [0.29, 0.717) is 19.0 Å². The maximum absolute atomic E-state index is 13.4. The molecule has 0 radical (unpaired) electrons. The third-order valence-corrected chi connectivity index (χ3v) is 5.01. The Hall–Kier alpha value is -3.61. The van der Waals surface area contributed by atoms with Crippen molar-refractivity contribution in [2.75, 3.05) is 37.0 Å². The van der Waals surface area contributed by atoms with Crippen LogP contribution in [0.25, 0.3) is 0 Å². The fourth-order valence-electron chi connectivity index (χ4n) is 3.45. The van der Waals surface area contributed by atoms with Gasteiger partial charge in [0.25, 0.3) is 0 Å². The number of nitrogens with zero attached hydrogens (tertiary/aromatic N) is 5. The molecule has 2 amide bonds. The Labute approximate surface area is 176 Å². The van der Waals surface area contributed by atoms with Crippen molar-refractivity contribution in [3.63, 3.8) is 0 Å². The van der Waals surface area contributed by atoms with Gasteiger partial charge in [0.1, 0.15) is 6.10 Å². The van der Waals surface area contributed by atoms with Gasteiger partial charge in [-0.05, 0) is 30.3 Å². The standard InChI is InChI=1S/C23H25N5O2/c1-26(2)21-13-14-22(25-24-21)30-20-15-16-27(17-20)23(29)28(18-9-5-3-6-10-18)19-11-7-4-8-12-19/h3-14,20H,15-17H2,1-2H3. The molecule has 1 saturated heterocycles. The molecule has 1 fully saturated rings. The van der Waals surface area contributed by atoms with Crippen molar-refractivity contribution < 1.29 is 9.53 Å². The minimum Gasteiger partial charge on any atom is -0.471 e. The maximum atomic E-state index is 13.4. The number of anilines is 3. The van der Waals surface area contributed by atoms with Crippen LogP contribution in [0.15, 0.2) is 72.8 Å². The summed E-state index contributed by atoms with van der Waals surface area (Å²) in [7, 11) is 3.83. The average molecular weight is 403 g/mol. The van der Waals surface area contributed by atoms with E-state index in [2.05, 4.69) is 10.2 Å². The summed E-state index contributed by atoms with van der Waals surface area (Å²) >= 11 is 0. The molecule has 1 aliphatic heterocycles. The molecule has 7 nitrogen and oxygen atoms in total. The Kier molecular flexibility index (Phi) is 5.79. The number of carbonyl (C=O) groups excluding carboxylic acids is 1. The van der Waals surface area contributed by atoms with Crippen molar-refractivity contribution in [1.82, 2.24) is 15.1 Å². The lowest BCUT2D eigenvalue weighted by molar-refractivity contribution is 0.186. The van der Waals surface area contributed by atoms with Gasteiger partial charge < -0.3 is 14.5 Å². The number of hydrogen-bond acceptors (Lipinski definition) is 5. The molecular weight excluding hydrogens is 378 g/mol. The number of benzene rings is 2. The van der Waals surface area contributed by atoms with Gasteiger partial charge in [0.15, 0.2) is 5.82 Å². The molecule has 0 saturated carbocycles. The molecule has 0 spiro atoms. The van der Waals surface area contributed by atoms with Gasteiger partial charge in [-0.1, -0.05) is 36.4 Å². The Morgan fingerprint density at radius 2 is 1.57 bits per heavy atom. The second-order valence-corrected chi connectivity index (χ2v) is 7.39. The molecule has 30 heavy (non-hydrogen) atoms. The first-order valence-corrected chi connectivity index (χ1v) is 9.98. The molecule has 1 aliphatic rings. The van der Waals surface area contributed by atoms with E-state index in [1.54, 1.807) is 4.90 Å². The number of carbonyl (C=O) groups is 1. The number of aromatic nitrogens is 2. The third kappa shape index (κ3) is 4.35. The highest BCUT2D eigenvalue weighted by Crippen LogP contribution is 2.28. The van der Waals surface area contributed by atoms with Gasteiger partial charge in [0.2, 0.25) is 5.88 Å². The van der Waals surface area contributed by atoms with Crippen molar-refractivity contribution in [2.45, 2.75) is 12.5 Å². The van der Waals surface area contributed by atoms with Crippen molar-refractivity contribution in [2.24, 2.45) is 0 Å². The lowest BCUT2D eigenvalue weighted by Gasteiger charge is -2.28. The van der Waals surface area contributed by atoms with E-state index in [1.165, 1.54) is 0 Å². The van der Waals surface area contributed by atoms with E-state index in [0.717, 1.165) is 23.6 Å². The van der Waals surface area contributed by atoms with Crippen LogP contribution in [0, 0.1) is 0 Å². The highest BCUT2D eigenvalue weighted by atomic mass is 16.5. The van der Waals surface area contributed by atoms with E-state index in [4.69, 9.17) is 4.74 Å². The van der Waals surface area contributed by atoms with Crippen LogP contribution in [-0.4, -0.2) is 54.4 Å². The first-order valence-electron chi connectivity index (χ1n) is 9.98. The summed E-state index contributed by atoms with van der Waals surface area (Å²) in [6.07, 6.45) is 0.641. The summed E-state index contributed by atoms with van der Waals surface area (Å²) in [5.41, 5.74) is 1.67. The van der Waals surface area contributed by atoms with Gasteiger partial charge in [-0.25, -0.2) is 4.79 Å². The summed E-state index contributed by atoms with van der Waals surface area (Å²) in [5.74, 6) is 1.25. The number of likely N-dealkylation sites (tertiary alicyclic amines) is 1. The normalized spacial score (nSPS) is 15.7. The average Bonchev–Trinajstić information content (AvgIpc) is 3.24. The minimum absolute atomic E-state index is 0.0625. The Bertz CT molecular complexity index is 924. The molecule has 0 N–H and O–H groups in total. The van der Waals surface area contributed by atoms with E-state index < -0.39 is 0 Å². The Morgan fingerprint density at radius 1 is 0.933 bits per heavy atom. The largest absolute Gasteiger partial charge is 0.471 e. The third-order valence-electron chi connectivity index (χ3n) is 5.01. The molecule has 1 aromatic heterocycles. The first-order chi connectivity index (χ1) is 14.6. The number of amides is 2. The zero-order valence-electron chi connectivity index (χ0n) is 17.2. The lowest BCUT2D eigenvalue weighted by Crippen LogP contribution is -2.40. The smallest absolute Gasteiger partial charge is 0.329 e. The Balaban J connectivity index is 1.47. The van der Waals surface area contributed by atoms with Crippen LogP contribution in [-0.2, 0) is 0 Å². The van der Waals surface area contributed by atoms with Crippen molar-refractivity contribution in [1.29, 1.82) is 0 Å². The van der Waals surface area contributed by atoms with Crippen LogP contribution in [0.2, 0.25) is 0 Å². The molecule has 3 aromatic rings. The zero-order valence-corrected chi connectivity index (χ0v) is 17.2. The molecule has 2 heterocycles. The summed E-state index contributed by atoms with van der Waals surface area (Å²) in [6, 6.07) is 23.0. The monoisotopic (exact) mass is 403 g/mol. The lowest BCUT2D eigenvalue weighted by atomic mass is 10.2. The van der Waals surface area contributed by atoms with Crippen molar-refractivity contribution >= 4 is 23.2 Å². The number of para-hydroxylation sites is 2. The van der Waals surface area contributed by atoms with Gasteiger partial charge in [0.05, 0.1) is 17.9 Å². The first kappa shape index (κ1) is 19.7. The molecule has 1 atom stereocenters. The van der Waals surface area contributed by atoms with Gasteiger partial charge in [0, 0.05) is 33.1 Å². The van der Waals surface area contributed by atoms with Gasteiger partial charge in [-0.3, -0.25) is 4.90 Å². The molecule has 0 bridgehead atoms. The second kappa shape index (κ2) is 8.82. The van der Waals surface area contributed by atoms with Crippen LogP contribution in [0.4, 0.5) is 22.0 Å². The number of ether oxygens (including phenoxy) is 1. The van der Waals surface area contributed by atoms with Crippen molar-refractivity contribution in [3.05, 3.63) is 72.8 Å². The fraction of sp³-hybridized carbons (Fsp3) is 0.261. The summed E-state index contributed by atoms with van der Waals surface area (Å²) in [6.45, 7) is 1.13. The molecule has 4 rings (SSSR count). The summed E-state index contributed by atoms with van der Waals surface area (Å²) in [4.78, 5) is 18.9. The molecule has 7 heteroatoms. The zero-order chi connectivity index (χ0) is 20.9. The summed E-state index contributed by atoms with van der Waals surface area (Å²) in [5, 5.41) is 8.28. The molecular formula is C23H25N5O2. The van der Waals surface area contributed by atoms with E-state index in [-0.39, 0.29) is 12.1 Å². The van der Waals surface area contributed by atoms with Gasteiger partial charge >= 0.3 is 6.03 Å². The van der Waals surface area contributed by atoms with E-state index >= 15 is 0 Å². The SMILES string of the molecule is CN(C)c1ccc(OC2CCN(C(=O)N(c3ccccc3)c3ccccc3)C2)nn1. The highest BCUT2D eigenvalue weighted by molar-refractivity contribution is 5.99. The van der Waals surface area contributed by atoms with E-state index in [1.807, 2.05) is 96.7 Å². The quantitative estimate of drug-likeness (QED) is 0.645. The molecule has 2 aromatic carbocycles. The number of hydrogen-bond donors (Lipinski definition) is 0. The highest BCUT2D eigenvalue weighted by Gasteiger charge is 2.32. The number of urea groups is 1. The van der Waals surface area contributed by atoms with Crippen LogP contribution in [0.3, 0.4) is 0 Å². The molecule has 1 unspecified atom stereocenters. The predicted octanol–water partition coefficient (Wildman–Crippen LogP) is 3.95. The van der Waals surface area contributed by atoms with Gasteiger partial charge in [-0.2, -0.15) is 0 Å². The fourth-order valence-corrected chi connectivity index (χ4v) is 3.45. The van der Waals surface area contributed by atoms with E-state index in [9.17, 15) is 4.79 Å². The topological polar surface area (TPSA) is 61.8 Å². The molecule has 0 aliphatic carbocycles. The maximum Gasteiger partial charge on any atom is 0.329 e. The number of rotatable bonds is 5. The Morgan fingerprint density at radius 3 is 2.10 bits per heavy atom. The van der Waals surface area contributed by atoms with Crippen LogP contribution in [0.1, 0.15) is 6.42 Å². The second-order valence-electron chi connectivity index (χ2n) is 7.39. The van der Waals surface area contributed by atoms with Crippen molar-refractivity contribution in [3.8, 4) is 5.88 Å². The van der Waals surface area contributed by atoms with Gasteiger partial charge in [-0.15, -0.1) is 10.2 Å². The van der Waals surface area contributed by atoms with Crippen LogP contribution < -0.4 is 14.5 Å². The molecule has 154 valence electrons. The van der Waals surface area contributed by atoms with Crippen LogP contribution >= 0.6 is 0 Å². The minimum atomic E-state index is -0.109. The summed E-state index contributed by atoms with van der Waals surface area (Å²) < 4.78 is 5.98.